The number of aliphatic carboxylic acids is 1. The number of methoxy groups -OCH3 is 1. The molecule has 1 aromatic heterocycles. The second-order valence-corrected chi connectivity index (χ2v) is 5.80. The minimum atomic E-state index is -0.957. The summed E-state index contributed by atoms with van der Waals surface area (Å²) in [6, 6.07) is 3.56. The number of carboxylic acids is 1. The number of carboxylic acid groups (broad SMARTS) is 1. The molecular formula is C13H20N2O4S. The third-order valence-corrected chi connectivity index (χ3v) is 3.94. The lowest BCUT2D eigenvalue weighted by molar-refractivity contribution is -0.139. The van der Waals surface area contributed by atoms with Gasteiger partial charge in [0.05, 0.1) is 18.6 Å². The first-order valence-corrected chi connectivity index (χ1v) is 7.09. The van der Waals surface area contributed by atoms with Crippen LogP contribution in [0.1, 0.15) is 29.1 Å². The van der Waals surface area contributed by atoms with Crippen LogP contribution >= 0.6 is 11.3 Å². The van der Waals surface area contributed by atoms with Crippen LogP contribution in [0, 0.1) is 6.92 Å². The fourth-order valence-electron chi connectivity index (χ4n) is 1.65. The van der Waals surface area contributed by atoms with Gasteiger partial charge in [0.15, 0.2) is 0 Å². The molecule has 0 aliphatic heterocycles. The number of carbonyl (C=O) groups excluding carboxylic acids is 1. The molecule has 0 saturated carbocycles. The molecule has 6 nitrogen and oxygen atoms in total. The number of thiophene rings is 1. The second kappa shape index (κ2) is 7.86. The van der Waals surface area contributed by atoms with E-state index in [1.54, 1.807) is 11.3 Å². The van der Waals surface area contributed by atoms with Crippen LogP contribution in [0.2, 0.25) is 0 Å². The number of carbonyl (C=O) groups is 2. The summed E-state index contributed by atoms with van der Waals surface area (Å²) in [6.45, 7) is 4.07. The van der Waals surface area contributed by atoms with Gasteiger partial charge in [-0.3, -0.25) is 4.79 Å². The first-order valence-electron chi connectivity index (χ1n) is 6.27. The van der Waals surface area contributed by atoms with E-state index in [1.807, 2.05) is 26.0 Å². The molecule has 3 N–H and O–H groups in total. The van der Waals surface area contributed by atoms with Crippen molar-refractivity contribution in [3.05, 3.63) is 21.9 Å². The summed E-state index contributed by atoms with van der Waals surface area (Å²) in [5, 5.41) is 14.1. The molecule has 2 unspecified atom stereocenters. The fraction of sp³-hybridized carbons (Fsp3) is 0.538. The molecule has 1 aromatic rings. The van der Waals surface area contributed by atoms with Gasteiger partial charge in [0.2, 0.25) is 0 Å². The van der Waals surface area contributed by atoms with E-state index in [1.165, 1.54) is 12.0 Å². The predicted octanol–water partition coefficient (Wildman–Crippen LogP) is 1.91. The van der Waals surface area contributed by atoms with Crippen molar-refractivity contribution in [3.8, 4) is 0 Å². The van der Waals surface area contributed by atoms with Crippen LogP contribution in [0.3, 0.4) is 0 Å². The Labute approximate surface area is 122 Å². The van der Waals surface area contributed by atoms with Gasteiger partial charge in [-0.2, -0.15) is 0 Å². The quantitative estimate of drug-likeness (QED) is 0.718. The molecule has 112 valence electrons. The van der Waals surface area contributed by atoms with E-state index >= 15 is 0 Å². The number of hydrogen-bond acceptors (Lipinski definition) is 4. The Kier molecular flexibility index (Phi) is 6.47. The number of urea groups is 1. The molecule has 1 rings (SSSR count). The minimum absolute atomic E-state index is 0.0887. The summed E-state index contributed by atoms with van der Waals surface area (Å²) in [5.74, 6) is -0.957. The standard InChI is InChI=1S/C13H20N2O4S/c1-8-4-5-11(20-8)9(2)15-13(18)14-7-10(19-3)6-12(16)17/h4-5,9-10H,6-7H2,1-3H3,(H,16,17)(H2,14,15,18). The molecule has 1 heterocycles. The monoisotopic (exact) mass is 300 g/mol. The first-order chi connectivity index (χ1) is 9.42. The Balaban J connectivity index is 2.37. The van der Waals surface area contributed by atoms with Crippen molar-refractivity contribution < 1.29 is 19.4 Å². The number of rotatable bonds is 7. The van der Waals surface area contributed by atoms with Crippen molar-refractivity contribution in [1.82, 2.24) is 10.6 Å². The van der Waals surface area contributed by atoms with Gasteiger partial charge < -0.3 is 20.5 Å². The number of hydrogen-bond donors (Lipinski definition) is 3. The molecule has 0 spiro atoms. The maximum absolute atomic E-state index is 11.7. The summed E-state index contributed by atoms with van der Waals surface area (Å²) in [5.41, 5.74) is 0. The fourth-order valence-corrected chi connectivity index (χ4v) is 2.52. The number of amides is 2. The Morgan fingerprint density at radius 2 is 2.15 bits per heavy atom. The molecule has 0 bridgehead atoms. The normalized spacial score (nSPS) is 13.6. The molecule has 7 heteroatoms. The summed E-state index contributed by atoms with van der Waals surface area (Å²) in [4.78, 5) is 24.6. The van der Waals surface area contributed by atoms with Crippen LogP contribution in [0.5, 0.6) is 0 Å². The molecule has 20 heavy (non-hydrogen) atoms. The van der Waals surface area contributed by atoms with E-state index in [9.17, 15) is 9.59 Å². The van der Waals surface area contributed by atoms with Crippen molar-refractivity contribution in [2.24, 2.45) is 0 Å². The highest BCUT2D eigenvalue weighted by molar-refractivity contribution is 7.12. The van der Waals surface area contributed by atoms with Gasteiger partial charge in [0.25, 0.3) is 0 Å². The Morgan fingerprint density at radius 1 is 1.45 bits per heavy atom. The van der Waals surface area contributed by atoms with Crippen LogP contribution in [0.15, 0.2) is 12.1 Å². The molecule has 2 amide bonds. The zero-order valence-electron chi connectivity index (χ0n) is 11.8. The van der Waals surface area contributed by atoms with Gasteiger partial charge >= 0.3 is 12.0 Å². The van der Waals surface area contributed by atoms with E-state index in [0.29, 0.717) is 0 Å². The molecule has 0 aromatic carbocycles. The average Bonchev–Trinajstić information content (AvgIpc) is 2.80. The molecule has 0 aliphatic rings. The maximum atomic E-state index is 11.7. The average molecular weight is 300 g/mol. The first kappa shape index (κ1) is 16.5. The molecular weight excluding hydrogens is 280 g/mol. The molecule has 0 radical (unpaired) electrons. The van der Waals surface area contributed by atoms with E-state index in [-0.39, 0.29) is 25.0 Å². The summed E-state index contributed by atoms with van der Waals surface area (Å²) >= 11 is 1.63. The maximum Gasteiger partial charge on any atom is 0.315 e. The molecule has 0 saturated heterocycles. The summed E-state index contributed by atoms with van der Waals surface area (Å²) in [7, 11) is 1.42. The van der Waals surface area contributed by atoms with Crippen molar-refractivity contribution in [2.75, 3.05) is 13.7 Å². The zero-order chi connectivity index (χ0) is 15.1. The van der Waals surface area contributed by atoms with Crippen molar-refractivity contribution >= 4 is 23.3 Å². The van der Waals surface area contributed by atoms with Crippen LogP contribution in [0.4, 0.5) is 4.79 Å². The van der Waals surface area contributed by atoms with E-state index < -0.39 is 12.1 Å². The van der Waals surface area contributed by atoms with E-state index in [0.717, 1.165) is 4.88 Å². The van der Waals surface area contributed by atoms with Crippen LogP contribution in [0.25, 0.3) is 0 Å². The molecule has 2 atom stereocenters. The number of aryl methyl sites for hydroxylation is 1. The highest BCUT2D eigenvalue weighted by Gasteiger charge is 2.15. The Bertz CT molecular complexity index is 461. The number of nitrogens with one attached hydrogen (secondary N) is 2. The SMILES string of the molecule is COC(CNC(=O)NC(C)c1ccc(C)s1)CC(=O)O. The van der Waals surface area contributed by atoms with Gasteiger partial charge in [-0.1, -0.05) is 0 Å². The molecule has 0 fully saturated rings. The minimum Gasteiger partial charge on any atom is -0.481 e. The highest BCUT2D eigenvalue weighted by Crippen LogP contribution is 2.21. The van der Waals surface area contributed by atoms with Crippen molar-refractivity contribution in [3.63, 3.8) is 0 Å². The number of ether oxygens (including phenoxy) is 1. The second-order valence-electron chi connectivity index (χ2n) is 4.48. The summed E-state index contributed by atoms with van der Waals surface area (Å²) in [6.07, 6.45) is -0.672. The zero-order valence-corrected chi connectivity index (χ0v) is 12.6. The van der Waals surface area contributed by atoms with Crippen LogP contribution < -0.4 is 10.6 Å². The van der Waals surface area contributed by atoms with E-state index in [2.05, 4.69) is 10.6 Å². The largest absolute Gasteiger partial charge is 0.481 e. The van der Waals surface area contributed by atoms with Gasteiger partial charge in [0, 0.05) is 23.4 Å². The lowest BCUT2D eigenvalue weighted by Gasteiger charge is -2.16. The highest BCUT2D eigenvalue weighted by atomic mass is 32.1. The van der Waals surface area contributed by atoms with Gasteiger partial charge in [0.1, 0.15) is 0 Å². The van der Waals surface area contributed by atoms with Crippen LogP contribution in [-0.2, 0) is 9.53 Å². The van der Waals surface area contributed by atoms with Crippen molar-refractivity contribution in [2.45, 2.75) is 32.4 Å². The topological polar surface area (TPSA) is 87.7 Å². The Hall–Kier alpha value is -1.60. The molecule has 0 aliphatic carbocycles. The van der Waals surface area contributed by atoms with Gasteiger partial charge in [-0.05, 0) is 26.0 Å². The predicted molar refractivity (Wildman–Crippen MR) is 77.1 cm³/mol. The third-order valence-electron chi connectivity index (χ3n) is 2.76. The summed E-state index contributed by atoms with van der Waals surface area (Å²) < 4.78 is 4.98. The van der Waals surface area contributed by atoms with Gasteiger partial charge in [-0.15, -0.1) is 11.3 Å². The van der Waals surface area contributed by atoms with Crippen LogP contribution in [-0.4, -0.2) is 36.9 Å². The smallest absolute Gasteiger partial charge is 0.315 e. The third kappa shape index (κ3) is 5.58. The van der Waals surface area contributed by atoms with E-state index in [4.69, 9.17) is 9.84 Å². The van der Waals surface area contributed by atoms with Crippen molar-refractivity contribution in [1.29, 1.82) is 0 Å². The Morgan fingerprint density at radius 3 is 2.65 bits per heavy atom. The van der Waals surface area contributed by atoms with Gasteiger partial charge in [-0.25, -0.2) is 4.79 Å². The lowest BCUT2D eigenvalue weighted by Crippen LogP contribution is -2.41. The lowest BCUT2D eigenvalue weighted by atomic mass is 10.2.